The molecule has 1 amide bonds. The zero-order valence-corrected chi connectivity index (χ0v) is 15.7. The molecule has 2 N–H and O–H groups in total. The Labute approximate surface area is 166 Å². The van der Waals surface area contributed by atoms with Crippen LogP contribution in [0.2, 0.25) is 0 Å². The second-order valence-corrected chi connectivity index (χ2v) is 6.07. The van der Waals surface area contributed by atoms with Crippen molar-refractivity contribution in [3.63, 3.8) is 0 Å². The minimum absolute atomic E-state index is 0.0891. The predicted octanol–water partition coefficient (Wildman–Crippen LogP) is 2.90. The third kappa shape index (κ3) is 7.63. The van der Waals surface area contributed by atoms with Crippen LogP contribution in [0.1, 0.15) is 15.9 Å². The molecule has 0 aromatic heterocycles. The number of carbonyl (C=O) groups excluding carboxylic acids is 1. The van der Waals surface area contributed by atoms with Crippen LogP contribution in [0.3, 0.4) is 0 Å². The van der Waals surface area contributed by atoms with E-state index in [9.17, 15) is 23.1 Å². The largest absolute Gasteiger partial charge is 0.491 e. The monoisotopic (exact) mass is 413 g/mol. The highest BCUT2D eigenvalue weighted by Crippen LogP contribution is 2.30. The first-order valence-electron chi connectivity index (χ1n) is 8.77. The van der Waals surface area contributed by atoms with Crippen LogP contribution in [-0.4, -0.2) is 50.6 Å². The fraction of sp³-hybridized carbons (Fsp3) is 0.350. The summed E-state index contributed by atoms with van der Waals surface area (Å²) in [5, 5.41) is 12.5. The minimum atomic E-state index is -4.42. The van der Waals surface area contributed by atoms with E-state index in [2.05, 4.69) is 5.32 Å². The third-order valence-electron chi connectivity index (χ3n) is 3.77. The molecule has 2 aromatic carbocycles. The Morgan fingerprint density at radius 1 is 1.07 bits per heavy atom. The number of ether oxygens (including phenoxy) is 3. The summed E-state index contributed by atoms with van der Waals surface area (Å²) in [5.41, 5.74) is -0.429. The molecule has 0 fully saturated rings. The molecule has 2 aromatic rings. The zero-order valence-electron chi connectivity index (χ0n) is 15.7. The quantitative estimate of drug-likeness (QED) is 0.586. The van der Waals surface area contributed by atoms with Gasteiger partial charge in [0.05, 0.1) is 12.2 Å². The van der Waals surface area contributed by atoms with E-state index < -0.39 is 23.8 Å². The fourth-order valence-electron chi connectivity index (χ4n) is 2.27. The molecule has 1 atom stereocenters. The Kier molecular flexibility index (Phi) is 8.29. The Balaban J connectivity index is 1.77. The second-order valence-electron chi connectivity index (χ2n) is 6.07. The normalized spacial score (nSPS) is 12.3. The molecule has 0 saturated carbocycles. The van der Waals surface area contributed by atoms with Gasteiger partial charge in [-0.2, -0.15) is 13.2 Å². The number of carbonyl (C=O) groups is 1. The summed E-state index contributed by atoms with van der Waals surface area (Å²) in [6.45, 7) is 0.489. The van der Waals surface area contributed by atoms with Gasteiger partial charge in [-0.3, -0.25) is 4.79 Å². The molecule has 1 unspecified atom stereocenters. The number of alkyl halides is 3. The number of methoxy groups -OCH3 is 1. The molecule has 158 valence electrons. The van der Waals surface area contributed by atoms with Gasteiger partial charge >= 0.3 is 6.18 Å². The lowest BCUT2D eigenvalue weighted by Crippen LogP contribution is -2.35. The van der Waals surface area contributed by atoms with Crippen molar-refractivity contribution in [2.45, 2.75) is 12.3 Å². The summed E-state index contributed by atoms with van der Waals surface area (Å²) in [6, 6.07) is 10.7. The molecule has 0 radical (unpaired) electrons. The first-order valence-corrected chi connectivity index (χ1v) is 8.77. The maximum atomic E-state index is 12.5. The van der Waals surface area contributed by atoms with Crippen molar-refractivity contribution in [2.75, 3.05) is 33.5 Å². The smallest absolute Gasteiger partial charge is 0.416 e. The van der Waals surface area contributed by atoms with Gasteiger partial charge in [0.2, 0.25) is 0 Å². The summed E-state index contributed by atoms with van der Waals surface area (Å²) in [4.78, 5) is 12.2. The summed E-state index contributed by atoms with van der Waals surface area (Å²) in [7, 11) is 1.56. The van der Waals surface area contributed by atoms with E-state index in [1.54, 1.807) is 31.4 Å². The molecule has 2 rings (SSSR count). The molecule has 9 heteroatoms. The molecule has 0 bridgehead atoms. The highest BCUT2D eigenvalue weighted by molar-refractivity contribution is 5.94. The van der Waals surface area contributed by atoms with Crippen molar-refractivity contribution in [1.82, 2.24) is 5.32 Å². The number of hydrogen-bond donors (Lipinski definition) is 2. The van der Waals surface area contributed by atoms with Crippen LogP contribution in [0.15, 0.2) is 48.5 Å². The number of aliphatic hydroxyl groups is 1. The van der Waals surface area contributed by atoms with Crippen molar-refractivity contribution < 1.29 is 37.3 Å². The fourth-order valence-corrected chi connectivity index (χ4v) is 2.27. The van der Waals surface area contributed by atoms with Crippen molar-refractivity contribution in [1.29, 1.82) is 0 Å². The van der Waals surface area contributed by atoms with Gasteiger partial charge in [-0.05, 0) is 42.5 Å². The number of nitrogens with one attached hydrogen (secondary N) is 1. The van der Waals surface area contributed by atoms with Crippen LogP contribution in [0.25, 0.3) is 0 Å². The number of benzene rings is 2. The van der Waals surface area contributed by atoms with E-state index in [0.717, 1.165) is 12.1 Å². The first kappa shape index (κ1) is 22.5. The molecule has 0 aliphatic rings. The molecule has 0 aliphatic heterocycles. The average molecular weight is 413 g/mol. The van der Waals surface area contributed by atoms with Crippen LogP contribution >= 0.6 is 0 Å². The number of amides is 1. The number of aliphatic hydroxyl groups excluding tert-OH is 1. The van der Waals surface area contributed by atoms with E-state index in [0.29, 0.717) is 24.5 Å². The van der Waals surface area contributed by atoms with Gasteiger partial charge in [-0.25, -0.2) is 0 Å². The second kappa shape index (κ2) is 10.7. The summed E-state index contributed by atoms with van der Waals surface area (Å²) in [6.07, 6.45) is -5.46. The van der Waals surface area contributed by atoms with Crippen molar-refractivity contribution in [2.24, 2.45) is 0 Å². The van der Waals surface area contributed by atoms with Gasteiger partial charge in [0, 0.05) is 19.2 Å². The molecule has 0 saturated heterocycles. The van der Waals surface area contributed by atoms with Gasteiger partial charge in [0.15, 0.2) is 0 Å². The van der Waals surface area contributed by atoms with Crippen molar-refractivity contribution in [3.8, 4) is 11.5 Å². The predicted molar refractivity (Wildman–Crippen MR) is 99.1 cm³/mol. The van der Waals surface area contributed by atoms with E-state index in [1.807, 2.05) is 0 Å². The van der Waals surface area contributed by atoms with Crippen LogP contribution < -0.4 is 14.8 Å². The van der Waals surface area contributed by atoms with Crippen molar-refractivity contribution in [3.05, 3.63) is 59.7 Å². The first-order chi connectivity index (χ1) is 13.8. The lowest BCUT2D eigenvalue weighted by atomic mass is 10.2. The topological polar surface area (TPSA) is 77.0 Å². The lowest BCUT2D eigenvalue weighted by molar-refractivity contribution is -0.137. The SMILES string of the molecule is COCCOc1cccc(C(=O)NCC(O)COc2ccc(C(F)(F)F)cc2)c1. The molecular weight excluding hydrogens is 391 g/mol. The highest BCUT2D eigenvalue weighted by Gasteiger charge is 2.30. The summed E-state index contributed by atoms with van der Waals surface area (Å²) >= 11 is 0. The summed E-state index contributed by atoms with van der Waals surface area (Å²) in [5.74, 6) is 0.293. The maximum absolute atomic E-state index is 12.5. The standard InChI is InChI=1S/C20H22F3NO5/c1-27-9-10-28-18-4-2-3-14(11-18)19(26)24-12-16(25)13-29-17-7-5-15(6-8-17)20(21,22)23/h2-8,11,16,25H,9-10,12-13H2,1H3,(H,24,26). The van der Waals surface area contributed by atoms with Crippen LogP contribution in [0.4, 0.5) is 13.2 Å². The average Bonchev–Trinajstić information content (AvgIpc) is 2.70. The zero-order chi connectivity index (χ0) is 21.3. The van der Waals surface area contributed by atoms with E-state index in [-0.39, 0.29) is 18.9 Å². The Morgan fingerprint density at radius 3 is 2.45 bits per heavy atom. The third-order valence-corrected chi connectivity index (χ3v) is 3.77. The number of rotatable bonds is 10. The molecule has 6 nitrogen and oxygen atoms in total. The van der Waals surface area contributed by atoms with Crippen LogP contribution in [0, 0.1) is 0 Å². The Hall–Kier alpha value is -2.78. The number of hydrogen-bond acceptors (Lipinski definition) is 5. The Morgan fingerprint density at radius 2 is 1.79 bits per heavy atom. The van der Waals surface area contributed by atoms with Gasteiger partial charge in [0.1, 0.15) is 30.8 Å². The van der Waals surface area contributed by atoms with E-state index in [1.165, 1.54) is 12.1 Å². The molecule has 0 aliphatic carbocycles. The van der Waals surface area contributed by atoms with Crippen LogP contribution in [0.5, 0.6) is 11.5 Å². The summed E-state index contributed by atoms with van der Waals surface area (Å²) < 4.78 is 53.1. The minimum Gasteiger partial charge on any atom is -0.491 e. The molecule has 29 heavy (non-hydrogen) atoms. The Bertz CT molecular complexity index is 780. The number of halogens is 3. The van der Waals surface area contributed by atoms with Gasteiger partial charge in [-0.15, -0.1) is 0 Å². The molecular formula is C20H22F3NO5. The van der Waals surface area contributed by atoms with Crippen LogP contribution in [-0.2, 0) is 10.9 Å². The maximum Gasteiger partial charge on any atom is 0.416 e. The molecule has 0 heterocycles. The lowest BCUT2D eigenvalue weighted by Gasteiger charge is -2.14. The van der Waals surface area contributed by atoms with E-state index in [4.69, 9.17) is 14.2 Å². The molecule has 0 spiro atoms. The van der Waals surface area contributed by atoms with Crippen molar-refractivity contribution >= 4 is 5.91 Å². The van der Waals surface area contributed by atoms with Gasteiger partial charge in [-0.1, -0.05) is 6.07 Å². The van der Waals surface area contributed by atoms with Gasteiger partial charge in [0.25, 0.3) is 5.91 Å². The highest BCUT2D eigenvalue weighted by atomic mass is 19.4. The van der Waals surface area contributed by atoms with E-state index >= 15 is 0 Å². The van der Waals surface area contributed by atoms with Gasteiger partial charge < -0.3 is 24.6 Å².